The molecule has 1 N–H and O–H groups in total. The van der Waals surface area contributed by atoms with Gasteiger partial charge in [0.05, 0.1) is 6.10 Å². The first-order valence-electron chi connectivity index (χ1n) is 3.00. The standard InChI is InChI=1S/C6H13FO/c1-3-4-6(8)5(2)7/h5-6,8H,3-4H2,1-2H3. The number of halogens is 1. The fraction of sp³-hybridized carbons (Fsp3) is 1.00. The van der Waals surface area contributed by atoms with E-state index in [4.69, 9.17) is 5.11 Å². The average molecular weight is 120 g/mol. The van der Waals surface area contributed by atoms with Crippen molar-refractivity contribution in [2.24, 2.45) is 0 Å². The topological polar surface area (TPSA) is 20.2 Å². The summed E-state index contributed by atoms with van der Waals surface area (Å²) in [5.74, 6) is 0. The van der Waals surface area contributed by atoms with E-state index in [0.29, 0.717) is 6.42 Å². The van der Waals surface area contributed by atoms with Crippen LogP contribution in [0.2, 0.25) is 0 Å². The molecule has 0 spiro atoms. The third-order valence-electron chi connectivity index (χ3n) is 1.11. The molecule has 0 heterocycles. The summed E-state index contributed by atoms with van der Waals surface area (Å²) in [4.78, 5) is 0. The van der Waals surface area contributed by atoms with Crippen molar-refractivity contribution in [2.45, 2.75) is 39.0 Å². The Morgan fingerprint density at radius 1 is 1.62 bits per heavy atom. The molecule has 0 amide bonds. The maximum atomic E-state index is 12.0. The SMILES string of the molecule is CCCC(O)C(C)F. The molecule has 2 heteroatoms. The molecule has 0 bridgehead atoms. The van der Waals surface area contributed by atoms with Gasteiger partial charge in [0.15, 0.2) is 0 Å². The van der Waals surface area contributed by atoms with E-state index < -0.39 is 12.3 Å². The van der Waals surface area contributed by atoms with Crippen molar-refractivity contribution in [3.8, 4) is 0 Å². The van der Waals surface area contributed by atoms with Crippen LogP contribution in [-0.4, -0.2) is 17.4 Å². The lowest BCUT2D eigenvalue weighted by atomic mass is 10.1. The molecule has 50 valence electrons. The Morgan fingerprint density at radius 3 is 2.25 bits per heavy atom. The van der Waals surface area contributed by atoms with Crippen LogP contribution in [-0.2, 0) is 0 Å². The van der Waals surface area contributed by atoms with Gasteiger partial charge in [0.2, 0.25) is 0 Å². The zero-order valence-corrected chi connectivity index (χ0v) is 5.39. The van der Waals surface area contributed by atoms with Crippen molar-refractivity contribution in [1.29, 1.82) is 0 Å². The Labute approximate surface area is 49.5 Å². The Balaban J connectivity index is 3.17. The van der Waals surface area contributed by atoms with Crippen molar-refractivity contribution in [2.75, 3.05) is 0 Å². The molecule has 0 aromatic carbocycles. The number of rotatable bonds is 3. The summed E-state index contributed by atoms with van der Waals surface area (Å²) in [5.41, 5.74) is 0. The highest BCUT2D eigenvalue weighted by molar-refractivity contribution is 4.59. The molecule has 1 nitrogen and oxygen atoms in total. The fourth-order valence-electron chi connectivity index (χ4n) is 0.525. The molecule has 0 fully saturated rings. The van der Waals surface area contributed by atoms with Gasteiger partial charge in [-0.25, -0.2) is 4.39 Å². The van der Waals surface area contributed by atoms with Crippen molar-refractivity contribution in [3.63, 3.8) is 0 Å². The number of alkyl halides is 1. The molecular weight excluding hydrogens is 107 g/mol. The Hall–Kier alpha value is -0.110. The highest BCUT2D eigenvalue weighted by Gasteiger charge is 2.09. The van der Waals surface area contributed by atoms with Crippen LogP contribution in [0, 0.1) is 0 Å². The quantitative estimate of drug-likeness (QED) is 0.598. The maximum Gasteiger partial charge on any atom is 0.123 e. The summed E-state index contributed by atoms with van der Waals surface area (Å²) in [6.07, 6.45) is -0.414. The van der Waals surface area contributed by atoms with Crippen molar-refractivity contribution in [3.05, 3.63) is 0 Å². The highest BCUT2D eigenvalue weighted by Crippen LogP contribution is 2.03. The van der Waals surface area contributed by atoms with Crippen LogP contribution in [0.25, 0.3) is 0 Å². The summed E-state index contributed by atoms with van der Waals surface area (Å²) in [6.45, 7) is 3.30. The highest BCUT2D eigenvalue weighted by atomic mass is 19.1. The summed E-state index contributed by atoms with van der Waals surface area (Å²) in [6, 6.07) is 0. The van der Waals surface area contributed by atoms with Gasteiger partial charge in [0.25, 0.3) is 0 Å². The molecule has 0 saturated carbocycles. The molecule has 0 radical (unpaired) electrons. The van der Waals surface area contributed by atoms with Crippen LogP contribution in [0.1, 0.15) is 26.7 Å². The average Bonchev–Trinajstić information content (AvgIpc) is 1.67. The lowest BCUT2D eigenvalue weighted by molar-refractivity contribution is 0.0800. The minimum absolute atomic E-state index is 0.567. The van der Waals surface area contributed by atoms with Gasteiger partial charge in [-0.1, -0.05) is 13.3 Å². The van der Waals surface area contributed by atoms with E-state index in [-0.39, 0.29) is 0 Å². The zero-order valence-electron chi connectivity index (χ0n) is 5.39. The van der Waals surface area contributed by atoms with Gasteiger partial charge in [-0.2, -0.15) is 0 Å². The summed E-state index contributed by atoms with van der Waals surface area (Å²) < 4.78 is 12.0. The minimum Gasteiger partial charge on any atom is -0.390 e. The van der Waals surface area contributed by atoms with Gasteiger partial charge in [0.1, 0.15) is 6.17 Å². The largest absolute Gasteiger partial charge is 0.390 e. The predicted octanol–water partition coefficient (Wildman–Crippen LogP) is 1.51. The third kappa shape index (κ3) is 2.97. The molecule has 0 aliphatic rings. The van der Waals surface area contributed by atoms with Crippen molar-refractivity contribution in [1.82, 2.24) is 0 Å². The second-order valence-electron chi connectivity index (χ2n) is 2.03. The van der Waals surface area contributed by atoms with Crippen LogP contribution < -0.4 is 0 Å². The molecule has 0 aliphatic carbocycles. The predicted molar refractivity (Wildman–Crippen MR) is 31.5 cm³/mol. The molecule has 0 aliphatic heterocycles. The van der Waals surface area contributed by atoms with E-state index in [9.17, 15) is 4.39 Å². The van der Waals surface area contributed by atoms with Crippen molar-refractivity contribution < 1.29 is 9.50 Å². The first-order chi connectivity index (χ1) is 3.68. The van der Waals surface area contributed by atoms with E-state index in [0.717, 1.165) is 6.42 Å². The van der Waals surface area contributed by atoms with Gasteiger partial charge in [-0.3, -0.25) is 0 Å². The number of aliphatic hydroxyl groups excluding tert-OH is 1. The van der Waals surface area contributed by atoms with Gasteiger partial charge in [0, 0.05) is 0 Å². The van der Waals surface area contributed by atoms with E-state index in [1.165, 1.54) is 6.92 Å². The number of aliphatic hydroxyl groups is 1. The number of hydrogen-bond donors (Lipinski definition) is 1. The van der Waals surface area contributed by atoms with E-state index in [2.05, 4.69) is 0 Å². The molecule has 8 heavy (non-hydrogen) atoms. The van der Waals surface area contributed by atoms with Crippen LogP contribution in [0.3, 0.4) is 0 Å². The molecule has 2 atom stereocenters. The van der Waals surface area contributed by atoms with E-state index in [1.807, 2.05) is 6.92 Å². The van der Waals surface area contributed by atoms with E-state index >= 15 is 0 Å². The van der Waals surface area contributed by atoms with Crippen LogP contribution in [0.5, 0.6) is 0 Å². The molecular formula is C6H13FO. The molecule has 0 aromatic rings. The van der Waals surface area contributed by atoms with Crippen molar-refractivity contribution >= 4 is 0 Å². The Kier molecular flexibility index (Phi) is 3.79. The second-order valence-corrected chi connectivity index (χ2v) is 2.03. The molecule has 0 saturated heterocycles. The lowest BCUT2D eigenvalue weighted by Gasteiger charge is -2.08. The Morgan fingerprint density at radius 2 is 2.12 bits per heavy atom. The fourth-order valence-corrected chi connectivity index (χ4v) is 0.525. The summed E-state index contributed by atoms with van der Waals surface area (Å²) >= 11 is 0. The van der Waals surface area contributed by atoms with E-state index in [1.54, 1.807) is 0 Å². The van der Waals surface area contributed by atoms with Gasteiger partial charge >= 0.3 is 0 Å². The molecule has 0 rings (SSSR count). The van der Waals surface area contributed by atoms with Crippen LogP contribution >= 0.6 is 0 Å². The second kappa shape index (κ2) is 3.84. The summed E-state index contributed by atoms with van der Waals surface area (Å²) in [7, 11) is 0. The van der Waals surface area contributed by atoms with Gasteiger partial charge in [-0.05, 0) is 13.3 Å². The lowest BCUT2D eigenvalue weighted by Crippen LogP contribution is -2.17. The monoisotopic (exact) mass is 120 g/mol. The smallest absolute Gasteiger partial charge is 0.123 e. The number of hydrogen-bond acceptors (Lipinski definition) is 1. The minimum atomic E-state index is -1.07. The molecule has 0 aromatic heterocycles. The zero-order chi connectivity index (χ0) is 6.57. The Bertz CT molecular complexity index is 54.5. The first kappa shape index (κ1) is 7.89. The summed E-state index contributed by atoms with van der Waals surface area (Å²) in [5, 5.41) is 8.75. The van der Waals surface area contributed by atoms with Crippen LogP contribution in [0.15, 0.2) is 0 Å². The first-order valence-corrected chi connectivity index (χ1v) is 3.00. The normalized spacial score (nSPS) is 18.0. The molecule has 2 unspecified atom stereocenters. The van der Waals surface area contributed by atoms with Gasteiger partial charge < -0.3 is 5.11 Å². The third-order valence-corrected chi connectivity index (χ3v) is 1.11. The van der Waals surface area contributed by atoms with Gasteiger partial charge in [-0.15, -0.1) is 0 Å². The maximum absolute atomic E-state index is 12.0. The van der Waals surface area contributed by atoms with Crippen LogP contribution in [0.4, 0.5) is 4.39 Å².